The van der Waals surface area contributed by atoms with Crippen LogP contribution in [0.25, 0.3) is 0 Å². The highest BCUT2D eigenvalue weighted by Crippen LogP contribution is 2.28. The standard InChI is InChI=1S/C18H19ClN2O6/c1-4-25-18(24)13-9(2)27-17(14(13)15(20)22)21-16(23)10(3)26-12-7-5-11(19)6-8-12/h5-8,10H,4H2,1-3H3,(H2,20,22)(H,21,23). The normalized spacial score (nSPS) is 11.6. The van der Waals surface area contributed by atoms with E-state index in [0.29, 0.717) is 10.8 Å². The number of hydrogen-bond donors (Lipinski definition) is 2. The zero-order valence-electron chi connectivity index (χ0n) is 15.0. The van der Waals surface area contributed by atoms with Gasteiger partial charge < -0.3 is 19.6 Å². The third-order valence-electron chi connectivity index (χ3n) is 3.54. The van der Waals surface area contributed by atoms with Gasteiger partial charge in [0.05, 0.1) is 6.61 Å². The van der Waals surface area contributed by atoms with E-state index in [9.17, 15) is 14.4 Å². The number of hydrogen-bond acceptors (Lipinski definition) is 6. The van der Waals surface area contributed by atoms with Crippen molar-refractivity contribution in [3.63, 3.8) is 0 Å². The highest BCUT2D eigenvalue weighted by atomic mass is 35.5. The molecule has 1 heterocycles. The van der Waals surface area contributed by atoms with Gasteiger partial charge in [-0.3, -0.25) is 14.9 Å². The van der Waals surface area contributed by atoms with Crippen LogP contribution in [0.3, 0.4) is 0 Å². The van der Waals surface area contributed by atoms with E-state index in [0.717, 1.165) is 0 Å². The second-order valence-electron chi connectivity index (χ2n) is 5.53. The predicted octanol–water partition coefficient (Wildman–Crippen LogP) is 2.92. The Morgan fingerprint density at radius 1 is 1.22 bits per heavy atom. The number of halogens is 1. The van der Waals surface area contributed by atoms with E-state index in [1.165, 1.54) is 13.8 Å². The van der Waals surface area contributed by atoms with Crippen molar-refractivity contribution < 1.29 is 28.3 Å². The molecule has 144 valence electrons. The summed E-state index contributed by atoms with van der Waals surface area (Å²) in [5.41, 5.74) is 4.98. The van der Waals surface area contributed by atoms with Gasteiger partial charge >= 0.3 is 5.97 Å². The SMILES string of the molecule is CCOC(=O)c1c(C)oc(NC(=O)C(C)Oc2ccc(Cl)cc2)c1C(N)=O. The molecule has 1 unspecified atom stereocenters. The Balaban J connectivity index is 2.21. The molecule has 9 heteroatoms. The van der Waals surface area contributed by atoms with Crippen LogP contribution in [0.2, 0.25) is 5.02 Å². The van der Waals surface area contributed by atoms with Crippen LogP contribution < -0.4 is 15.8 Å². The largest absolute Gasteiger partial charge is 0.481 e. The Labute approximate surface area is 160 Å². The van der Waals surface area contributed by atoms with Gasteiger partial charge in [-0.1, -0.05) is 11.6 Å². The fraction of sp³-hybridized carbons (Fsp3) is 0.278. The summed E-state index contributed by atoms with van der Waals surface area (Å²) in [7, 11) is 0. The summed E-state index contributed by atoms with van der Waals surface area (Å²) < 4.78 is 15.8. The van der Waals surface area contributed by atoms with Gasteiger partial charge in [-0.15, -0.1) is 0 Å². The Morgan fingerprint density at radius 3 is 2.41 bits per heavy atom. The summed E-state index contributed by atoms with van der Waals surface area (Å²) in [6, 6.07) is 6.45. The van der Waals surface area contributed by atoms with Crippen LogP contribution in [0.4, 0.5) is 5.88 Å². The number of carbonyl (C=O) groups is 3. The summed E-state index contributed by atoms with van der Waals surface area (Å²) in [6.07, 6.45) is -0.927. The van der Waals surface area contributed by atoms with Gasteiger partial charge in [0.2, 0.25) is 5.88 Å². The number of anilines is 1. The Bertz CT molecular complexity index is 859. The zero-order valence-corrected chi connectivity index (χ0v) is 15.8. The third-order valence-corrected chi connectivity index (χ3v) is 3.79. The Morgan fingerprint density at radius 2 is 1.85 bits per heavy atom. The van der Waals surface area contributed by atoms with Crippen LogP contribution in [0.15, 0.2) is 28.7 Å². The first-order valence-electron chi connectivity index (χ1n) is 8.08. The summed E-state index contributed by atoms with van der Waals surface area (Å²) >= 11 is 5.80. The minimum Gasteiger partial charge on any atom is -0.481 e. The lowest BCUT2D eigenvalue weighted by molar-refractivity contribution is -0.122. The molecule has 2 amide bonds. The van der Waals surface area contributed by atoms with Crippen LogP contribution in [-0.2, 0) is 9.53 Å². The average Bonchev–Trinajstić information content (AvgIpc) is 2.93. The first kappa shape index (κ1) is 20.3. The summed E-state index contributed by atoms with van der Waals surface area (Å²) in [6.45, 7) is 4.70. The molecule has 0 radical (unpaired) electrons. The number of ether oxygens (including phenoxy) is 2. The van der Waals surface area contributed by atoms with Crippen molar-refractivity contribution >= 4 is 35.3 Å². The highest BCUT2D eigenvalue weighted by molar-refractivity contribution is 6.30. The lowest BCUT2D eigenvalue weighted by Crippen LogP contribution is -2.31. The molecule has 3 N–H and O–H groups in total. The van der Waals surface area contributed by atoms with Crippen LogP contribution in [0, 0.1) is 6.92 Å². The minimum absolute atomic E-state index is 0.101. The topological polar surface area (TPSA) is 121 Å². The number of amides is 2. The van der Waals surface area contributed by atoms with Crippen molar-refractivity contribution in [1.82, 2.24) is 0 Å². The van der Waals surface area contributed by atoms with Crippen molar-refractivity contribution in [3.8, 4) is 5.75 Å². The second-order valence-corrected chi connectivity index (χ2v) is 5.96. The van der Waals surface area contributed by atoms with Crippen LogP contribution in [-0.4, -0.2) is 30.5 Å². The molecule has 0 spiro atoms. The summed E-state index contributed by atoms with van der Waals surface area (Å²) in [5.74, 6) is -2.00. The van der Waals surface area contributed by atoms with Crippen molar-refractivity contribution in [3.05, 3.63) is 46.2 Å². The summed E-state index contributed by atoms with van der Waals surface area (Å²) in [4.78, 5) is 36.2. The molecule has 0 saturated carbocycles. The summed E-state index contributed by atoms with van der Waals surface area (Å²) in [5, 5.41) is 2.95. The Hall–Kier alpha value is -3.00. The smallest absolute Gasteiger partial charge is 0.342 e. The molecule has 27 heavy (non-hydrogen) atoms. The number of nitrogens with two attached hydrogens (primary N) is 1. The maximum atomic E-state index is 12.4. The van der Waals surface area contributed by atoms with Crippen LogP contribution in [0.5, 0.6) is 5.75 Å². The van der Waals surface area contributed by atoms with E-state index in [-0.39, 0.29) is 29.4 Å². The third kappa shape index (κ3) is 4.79. The van der Waals surface area contributed by atoms with Gasteiger partial charge in [0.1, 0.15) is 22.6 Å². The van der Waals surface area contributed by atoms with E-state index in [1.807, 2.05) is 0 Å². The van der Waals surface area contributed by atoms with E-state index < -0.39 is 23.9 Å². The molecule has 0 aliphatic heterocycles. The van der Waals surface area contributed by atoms with E-state index >= 15 is 0 Å². The molecule has 0 saturated heterocycles. The predicted molar refractivity (Wildman–Crippen MR) is 98.1 cm³/mol. The number of carbonyl (C=O) groups excluding carboxylic acids is 3. The van der Waals surface area contributed by atoms with Crippen molar-refractivity contribution in [2.75, 3.05) is 11.9 Å². The first-order chi connectivity index (χ1) is 12.7. The number of nitrogens with one attached hydrogen (secondary N) is 1. The van der Waals surface area contributed by atoms with Crippen molar-refractivity contribution in [1.29, 1.82) is 0 Å². The highest BCUT2D eigenvalue weighted by Gasteiger charge is 2.30. The maximum absolute atomic E-state index is 12.4. The quantitative estimate of drug-likeness (QED) is 0.696. The fourth-order valence-corrected chi connectivity index (χ4v) is 2.43. The molecule has 1 atom stereocenters. The van der Waals surface area contributed by atoms with Gasteiger partial charge in [-0.05, 0) is 45.0 Å². The number of furan rings is 1. The van der Waals surface area contributed by atoms with Gasteiger partial charge in [-0.25, -0.2) is 4.79 Å². The first-order valence-corrected chi connectivity index (χ1v) is 8.45. The van der Waals surface area contributed by atoms with Gasteiger partial charge in [-0.2, -0.15) is 0 Å². The number of aryl methyl sites for hydroxylation is 1. The molecular formula is C18H19ClN2O6. The molecular weight excluding hydrogens is 376 g/mol. The number of primary amides is 1. The number of esters is 1. The lowest BCUT2D eigenvalue weighted by Gasteiger charge is -2.14. The zero-order chi connectivity index (χ0) is 20.1. The van der Waals surface area contributed by atoms with Gasteiger partial charge in [0.15, 0.2) is 6.10 Å². The average molecular weight is 395 g/mol. The molecule has 8 nitrogen and oxygen atoms in total. The van der Waals surface area contributed by atoms with Crippen molar-refractivity contribution in [2.45, 2.75) is 26.9 Å². The minimum atomic E-state index is -0.934. The number of rotatable bonds is 7. The van der Waals surface area contributed by atoms with Crippen LogP contribution in [0.1, 0.15) is 40.3 Å². The van der Waals surface area contributed by atoms with Crippen LogP contribution >= 0.6 is 11.6 Å². The van der Waals surface area contributed by atoms with E-state index in [4.69, 9.17) is 31.2 Å². The molecule has 2 aromatic rings. The van der Waals surface area contributed by atoms with E-state index in [1.54, 1.807) is 31.2 Å². The lowest BCUT2D eigenvalue weighted by atomic mass is 10.1. The molecule has 0 fully saturated rings. The molecule has 0 bridgehead atoms. The van der Waals surface area contributed by atoms with E-state index in [2.05, 4.69) is 5.32 Å². The maximum Gasteiger partial charge on any atom is 0.342 e. The molecule has 1 aromatic heterocycles. The molecule has 0 aliphatic carbocycles. The molecule has 2 rings (SSSR count). The monoisotopic (exact) mass is 394 g/mol. The molecule has 0 aliphatic rings. The molecule has 1 aromatic carbocycles. The number of benzene rings is 1. The van der Waals surface area contributed by atoms with Gasteiger partial charge in [0, 0.05) is 5.02 Å². The second kappa shape index (κ2) is 8.59. The Kier molecular flexibility index (Phi) is 6.46. The fourth-order valence-electron chi connectivity index (χ4n) is 2.30. The van der Waals surface area contributed by atoms with Gasteiger partial charge in [0.25, 0.3) is 11.8 Å². The van der Waals surface area contributed by atoms with Crippen molar-refractivity contribution in [2.24, 2.45) is 5.73 Å².